The van der Waals surface area contributed by atoms with Crippen molar-refractivity contribution in [2.75, 3.05) is 43.6 Å². The van der Waals surface area contributed by atoms with E-state index in [0.29, 0.717) is 19.4 Å². The van der Waals surface area contributed by atoms with Crippen molar-refractivity contribution in [1.82, 2.24) is 9.97 Å². The molecule has 2 rings (SSSR count). The number of halogens is 3. The zero-order valence-electron chi connectivity index (χ0n) is 13.9. The molecule has 134 valence electrons. The van der Waals surface area contributed by atoms with Crippen LogP contribution in [0.4, 0.5) is 24.9 Å². The van der Waals surface area contributed by atoms with Crippen LogP contribution in [-0.2, 0) is 15.7 Å². The van der Waals surface area contributed by atoms with E-state index < -0.39 is 11.9 Å². The van der Waals surface area contributed by atoms with Gasteiger partial charge in [0, 0.05) is 33.3 Å². The van der Waals surface area contributed by atoms with E-state index in [1.54, 1.807) is 25.9 Å². The Morgan fingerprint density at radius 1 is 1.42 bits per heavy atom. The van der Waals surface area contributed by atoms with E-state index >= 15 is 0 Å². The molecule has 1 saturated heterocycles. The molecular weight excluding hydrogens is 325 g/mol. The van der Waals surface area contributed by atoms with Gasteiger partial charge in [-0.15, -0.1) is 0 Å². The van der Waals surface area contributed by atoms with Crippen molar-refractivity contribution in [3.63, 3.8) is 0 Å². The summed E-state index contributed by atoms with van der Waals surface area (Å²) in [5.41, 5.74) is -0.991. The molecule has 2 heterocycles. The van der Waals surface area contributed by atoms with Gasteiger partial charge in [-0.05, 0) is 19.8 Å². The smallest absolute Gasteiger partial charge is 0.433 e. The lowest BCUT2D eigenvalue weighted by Gasteiger charge is -2.32. The van der Waals surface area contributed by atoms with Crippen LogP contribution in [0, 0.1) is 5.92 Å². The average molecular weight is 346 g/mol. The molecule has 1 atom stereocenters. The van der Waals surface area contributed by atoms with Crippen LogP contribution in [0.3, 0.4) is 0 Å². The molecule has 0 spiro atoms. The fourth-order valence-corrected chi connectivity index (χ4v) is 2.55. The van der Waals surface area contributed by atoms with Gasteiger partial charge in [0.05, 0.1) is 12.5 Å². The van der Waals surface area contributed by atoms with Crippen LogP contribution in [0.1, 0.15) is 25.5 Å². The second-order valence-corrected chi connectivity index (χ2v) is 5.84. The van der Waals surface area contributed by atoms with Crippen molar-refractivity contribution in [3.05, 3.63) is 11.8 Å². The van der Waals surface area contributed by atoms with E-state index in [2.05, 4.69) is 9.97 Å². The van der Waals surface area contributed by atoms with E-state index in [-0.39, 0.29) is 36.8 Å². The lowest BCUT2D eigenvalue weighted by molar-refractivity contribution is -0.148. The number of esters is 1. The number of piperidine rings is 1. The Bertz CT molecular complexity index is 593. The molecule has 1 fully saturated rings. The van der Waals surface area contributed by atoms with E-state index in [1.165, 1.54) is 4.90 Å². The molecule has 0 aliphatic carbocycles. The summed E-state index contributed by atoms with van der Waals surface area (Å²) in [6.45, 7) is 2.76. The second-order valence-electron chi connectivity index (χ2n) is 5.84. The van der Waals surface area contributed by atoms with Crippen LogP contribution in [0.15, 0.2) is 6.07 Å². The molecule has 1 aromatic heterocycles. The minimum atomic E-state index is -4.56. The lowest BCUT2D eigenvalue weighted by atomic mass is 9.98. The maximum absolute atomic E-state index is 13.1. The lowest BCUT2D eigenvalue weighted by Crippen LogP contribution is -2.40. The molecule has 24 heavy (non-hydrogen) atoms. The average Bonchev–Trinajstić information content (AvgIpc) is 2.54. The van der Waals surface area contributed by atoms with Crippen LogP contribution in [0.2, 0.25) is 0 Å². The van der Waals surface area contributed by atoms with Crippen LogP contribution in [0.25, 0.3) is 0 Å². The number of carbonyl (C=O) groups is 1. The minimum absolute atomic E-state index is 0.0116. The maximum Gasteiger partial charge on any atom is 0.433 e. The molecule has 0 aromatic carbocycles. The quantitative estimate of drug-likeness (QED) is 0.780. The first-order valence-corrected chi connectivity index (χ1v) is 7.77. The van der Waals surface area contributed by atoms with Gasteiger partial charge in [-0.25, -0.2) is 4.98 Å². The summed E-state index contributed by atoms with van der Waals surface area (Å²) in [5.74, 6) is -0.547. The van der Waals surface area contributed by atoms with Gasteiger partial charge in [0.1, 0.15) is 5.82 Å². The predicted molar refractivity (Wildman–Crippen MR) is 82.9 cm³/mol. The third kappa shape index (κ3) is 4.27. The number of hydrogen-bond donors (Lipinski definition) is 0. The molecule has 0 N–H and O–H groups in total. The SMILES string of the molecule is CCOC(=O)C1CCCN(c2nc(N(C)C)cc(C(F)(F)F)n2)C1. The number of ether oxygens (including phenoxy) is 1. The number of aromatic nitrogens is 2. The number of alkyl halides is 3. The summed E-state index contributed by atoms with van der Waals surface area (Å²) in [4.78, 5) is 22.9. The van der Waals surface area contributed by atoms with Crippen molar-refractivity contribution in [1.29, 1.82) is 0 Å². The van der Waals surface area contributed by atoms with Gasteiger partial charge in [-0.3, -0.25) is 4.79 Å². The van der Waals surface area contributed by atoms with Crippen molar-refractivity contribution < 1.29 is 22.7 Å². The zero-order valence-corrected chi connectivity index (χ0v) is 13.9. The molecule has 0 radical (unpaired) electrons. The third-order valence-corrected chi connectivity index (χ3v) is 3.77. The highest BCUT2D eigenvalue weighted by Crippen LogP contribution is 2.32. The van der Waals surface area contributed by atoms with E-state index in [9.17, 15) is 18.0 Å². The number of hydrogen-bond acceptors (Lipinski definition) is 6. The Morgan fingerprint density at radius 2 is 2.12 bits per heavy atom. The monoisotopic (exact) mass is 346 g/mol. The van der Waals surface area contributed by atoms with Crippen LogP contribution in [-0.4, -0.2) is 49.7 Å². The molecule has 1 unspecified atom stereocenters. The standard InChI is InChI=1S/C15H21F3N4O2/c1-4-24-13(23)10-6-5-7-22(9-10)14-19-11(15(16,17)18)8-12(20-14)21(2)3/h8,10H,4-7,9H2,1-3H3. The Morgan fingerprint density at radius 3 is 2.71 bits per heavy atom. The molecule has 1 aliphatic heterocycles. The van der Waals surface area contributed by atoms with Gasteiger partial charge in [0.25, 0.3) is 0 Å². The highest BCUT2D eigenvalue weighted by molar-refractivity contribution is 5.73. The minimum Gasteiger partial charge on any atom is -0.466 e. The molecule has 1 aliphatic rings. The molecule has 1 aromatic rings. The van der Waals surface area contributed by atoms with E-state index in [0.717, 1.165) is 6.07 Å². The van der Waals surface area contributed by atoms with Gasteiger partial charge in [-0.2, -0.15) is 18.2 Å². The number of rotatable bonds is 4. The summed E-state index contributed by atoms with van der Waals surface area (Å²) in [5, 5.41) is 0. The zero-order chi connectivity index (χ0) is 17.9. The Kier molecular flexibility index (Phi) is 5.51. The highest BCUT2D eigenvalue weighted by Gasteiger charge is 2.35. The summed E-state index contributed by atoms with van der Waals surface area (Å²) in [7, 11) is 3.23. The van der Waals surface area contributed by atoms with Crippen molar-refractivity contribution in [2.24, 2.45) is 5.92 Å². The molecular formula is C15H21F3N4O2. The van der Waals surface area contributed by atoms with Gasteiger partial charge in [-0.1, -0.05) is 0 Å². The molecule has 6 nitrogen and oxygen atoms in total. The number of nitrogens with zero attached hydrogens (tertiary/aromatic N) is 4. The van der Waals surface area contributed by atoms with Crippen molar-refractivity contribution in [2.45, 2.75) is 25.9 Å². The van der Waals surface area contributed by atoms with Crippen molar-refractivity contribution >= 4 is 17.7 Å². The van der Waals surface area contributed by atoms with Gasteiger partial charge in [0.2, 0.25) is 5.95 Å². The highest BCUT2D eigenvalue weighted by atomic mass is 19.4. The fourth-order valence-electron chi connectivity index (χ4n) is 2.55. The molecule has 9 heteroatoms. The van der Waals surface area contributed by atoms with Crippen LogP contribution in [0.5, 0.6) is 0 Å². The molecule has 0 amide bonds. The summed E-state index contributed by atoms with van der Waals surface area (Å²) in [6, 6.07) is 0.913. The van der Waals surface area contributed by atoms with Gasteiger partial charge < -0.3 is 14.5 Å². The summed E-state index contributed by atoms with van der Waals surface area (Å²) in [6.07, 6.45) is -3.24. The first kappa shape index (κ1) is 18.3. The topological polar surface area (TPSA) is 58.6 Å². The van der Waals surface area contributed by atoms with Crippen LogP contribution >= 0.6 is 0 Å². The fraction of sp³-hybridized carbons (Fsp3) is 0.667. The first-order valence-electron chi connectivity index (χ1n) is 7.77. The molecule has 0 saturated carbocycles. The van der Waals surface area contributed by atoms with E-state index in [4.69, 9.17) is 4.74 Å². The summed E-state index contributed by atoms with van der Waals surface area (Å²) < 4.78 is 44.3. The normalized spacial score (nSPS) is 18.4. The van der Waals surface area contributed by atoms with Gasteiger partial charge in [0.15, 0.2) is 5.69 Å². The van der Waals surface area contributed by atoms with E-state index in [1.807, 2.05) is 0 Å². The number of carbonyl (C=O) groups excluding carboxylic acids is 1. The maximum atomic E-state index is 13.1. The Labute approximate surface area is 138 Å². The van der Waals surface area contributed by atoms with Crippen molar-refractivity contribution in [3.8, 4) is 0 Å². The second kappa shape index (κ2) is 7.23. The summed E-state index contributed by atoms with van der Waals surface area (Å²) >= 11 is 0. The predicted octanol–water partition coefficient (Wildman–Crippen LogP) is 2.34. The first-order chi connectivity index (χ1) is 11.2. The Hall–Kier alpha value is -2.06. The molecule has 0 bridgehead atoms. The van der Waals surface area contributed by atoms with Gasteiger partial charge >= 0.3 is 12.1 Å². The Balaban J connectivity index is 2.29. The largest absolute Gasteiger partial charge is 0.466 e. The number of anilines is 2. The third-order valence-electron chi connectivity index (χ3n) is 3.77. The van der Waals surface area contributed by atoms with Crippen LogP contribution < -0.4 is 9.80 Å².